The minimum absolute atomic E-state index is 0.430. The molecular weight excluding hydrogens is 327 g/mol. The van der Waals surface area contributed by atoms with E-state index in [1.165, 1.54) is 22.3 Å². The van der Waals surface area contributed by atoms with Crippen LogP contribution in [0.2, 0.25) is 6.32 Å². The quantitative estimate of drug-likeness (QED) is 0.480. The predicted molar refractivity (Wildman–Crippen MR) is 120 cm³/mol. The smallest absolute Gasteiger partial charge is 0.213 e. The van der Waals surface area contributed by atoms with Crippen molar-refractivity contribution in [3.8, 4) is 0 Å². The van der Waals surface area contributed by atoms with Gasteiger partial charge in [0, 0.05) is 5.69 Å². The summed E-state index contributed by atoms with van der Waals surface area (Å²) in [5.41, 5.74) is 5.20. The highest BCUT2D eigenvalue weighted by atomic mass is 14.9. The van der Waals surface area contributed by atoms with Gasteiger partial charge in [-0.3, -0.25) is 0 Å². The maximum Gasteiger partial charge on any atom is 0.213 e. The van der Waals surface area contributed by atoms with Crippen LogP contribution >= 0.6 is 0 Å². The van der Waals surface area contributed by atoms with E-state index in [4.69, 9.17) is 0 Å². The van der Waals surface area contributed by atoms with E-state index in [1.807, 2.05) is 6.08 Å². The molecule has 0 aliphatic heterocycles. The molecule has 1 heterocycles. The number of nitrogens with one attached hydrogen (secondary N) is 1. The number of aromatic nitrogens is 2. The molecule has 0 bridgehead atoms. The largest absolute Gasteiger partial charge is 0.348 e. The molecule has 27 heavy (non-hydrogen) atoms. The molecule has 0 amide bonds. The van der Waals surface area contributed by atoms with Crippen molar-refractivity contribution in [1.29, 1.82) is 0 Å². The molecule has 0 aliphatic carbocycles. The number of aromatic amines is 1. The van der Waals surface area contributed by atoms with Crippen molar-refractivity contribution in [3.63, 3.8) is 0 Å². The third-order valence-electron chi connectivity index (χ3n) is 4.63. The van der Waals surface area contributed by atoms with Gasteiger partial charge in [0.25, 0.3) is 0 Å². The van der Waals surface area contributed by atoms with Crippen LogP contribution in [0, 0.1) is 0 Å². The molecule has 0 saturated carbocycles. The van der Waals surface area contributed by atoms with Crippen LogP contribution in [-0.4, -0.2) is 16.7 Å². The number of H-pyrrole nitrogens is 1. The first-order chi connectivity index (χ1) is 13.0. The van der Waals surface area contributed by atoms with Gasteiger partial charge in [-0.05, 0) is 18.2 Å². The molecule has 2 nitrogen and oxygen atoms in total. The summed E-state index contributed by atoms with van der Waals surface area (Å²) in [6, 6.07) is 21.2. The Morgan fingerprint density at radius 1 is 0.889 bits per heavy atom. The van der Waals surface area contributed by atoms with E-state index in [2.05, 4.69) is 105 Å². The monoisotopic (exact) mass is 358 g/mol. The molecule has 3 aromatic rings. The van der Waals surface area contributed by atoms with Crippen molar-refractivity contribution in [2.75, 3.05) is 0 Å². The molecule has 0 aliphatic rings. The molecule has 2 aromatic carbocycles. The summed E-state index contributed by atoms with van der Waals surface area (Å²) >= 11 is 0. The normalized spacial score (nSPS) is 10.4. The van der Waals surface area contributed by atoms with Crippen LogP contribution in [0.3, 0.4) is 0 Å². The second kappa shape index (κ2) is 10.6. The number of hydrogen-bond donors (Lipinski definition) is 1. The van der Waals surface area contributed by atoms with E-state index in [0.717, 1.165) is 6.32 Å². The highest BCUT2D eigenvalue weighted by Gasteiger charge is 2.16. The number of benzene rings is 2. The average Bonchev–Trinajstić information content (AvgIpc) is 3.19. The number of imidazole rings is 1. The Labute approximate surface area is 164 Å². The number of allylic oxidation sites excluding steroid dienone is 1. The molecule has 0 atom stereocenters. The van der Waals surface area contributed by atoms with Crippen LogP contribution in [0.15, 0.2) is 79.6 Å². The van der Waals surface area contributed by atoms with Gasteiger partial charge in [0.2, 0.25) is 6.71 Å². The fourth-order valence-electron chi connectivity index (χ4n) is 3.24. The molecule has 0 radical (unpaired) electrons. The summed E-state index contributed by atoms with van der Waals surface area (Å²) in [5, 5.41) is 0. The van der Waals surface area contributed by atoms with Gasteiger partial charge in [-0.1, -0.05) is 105 Å². The van der Waals surface area contributed by atoms with E-state index in [1.54, 1.807) is 6.33 Å². The summed E-state index contributed by atoms with van der Waals surface area (Å²) in [4.78, 5) is 7.46. The molecule has 0 spiro atoms. The van der Waals surface area contributed by atoms with Gasteiger partial charge in [0.05, 0.1) is 12.0 Å². The Bertz CT molecular complexity index is 730. The molecule has 0 unspecified atom stereocenters. The van der Waals surface area contributed by atoms with Crippen LogP contribution in [0.1, 0.15) is 50.9 Å². The lowest BCUT2D eigenvalue weighted by atomic mass is 9.39. The van der Waals surface area contributed by atoms with Crippen LogP contribution in [-0.2, 0) is 0 Å². The van der Waals surface area contributed by atoms with Gasteiger partial charge >= 0.3 is 0 Å². The van der Waals surface area contributed by atoms with Crippen LogP contribution in [0.5, 0.6) is 0 Å². The third kappa shape index (κ3) is 5.99. The summed E-state index contributed by atoms with van der Waals surface area (Å²) in [6.07, 6.45) is 4.75. The van der Waals surface area contributed by atoms with Gasteiger partial charge in [-0.25, -0.2) is 4.98 Å². The topological polar surface area (TPSA) is 28.7 Å². The molecule has 0 fully saturated rings. The highest BCUT2D eigenvalue weighted by Crippen LogP contribution is 2.21. The number of rotatable bonds is 6. The number of nitrogens with zero attached hydrogens (tertiary/aromatic N) is 1. The first-order valence-electron chi connectivity index (χ1n) is 9.78. The van der Waals surface area contributed by atoms with Crippen molar-refractivity contribution < 1.29 is 0 Å². The second-order valence-electron chi connectivity index (χ2n) is 7.41. The fourth-order valence-corrected chi connectivity index (χ4v) is 3.24. The number of hydrogen-bond acceptors (Lipinski definition) is 1. The van der Waals surface area contributed by atoms with Crippen molar-refractivity contribution in [3.05, 3.63) is 91.0 Å². The van der Waals surface area contributed by atoms with Gasteiger partial charge < -0.3 is 4.98 Å². The SMILES string of the molecule is C=CCB(c1ccccc1)c1ccccc1.CC(C)c1nc[nH]c1C(C)C. The van der Waals surface area contributed by atoms with Crippen molar-refractivity contribution in [1.82, 2.24) is 9.97 Å². The summed E-state index contributed by atoms with van der Waals surface area (Å²) < 4.78 is 0. The summed E-state index contributed by atoms with van der Waals surface area (Å²) in [6.45, 7) is 13.0. The van der Waals surface area contributed by atoms with Crippen LogP contribution < -0.4 is 10.9 Å². The zero-order valence-electron chi connectivity index (χ0n) is 17.0. The standard InChI is InChI=1S/C15H15B.C9H16N2/c1-2-13-16(14-9-5-3-6-10-14)15-11-7-4-8-12-15;1-6(2)8-9(7(3)4)11-5-10-8/h2-12H,1,13H2;5-7H,1-4H3,(H,10,11). The van der Waals surface area contributed by atoms with Gasteiger partial charge in [0.15, 0.2) is 0 Å². The first-order valence-corrected chi connectivity index (χ1v) is 9.78. The van der Waals surface area contributed by atoms with Crippen molar-refractivity contribution >= 4 is 17.6 Å². The molecule has 1 N–H and O–H groups in total. The molecule has 140 valence electrons. The van der Waals surface area contributed by atoms with E-state index in [0.29, 0.717) is 18.5 Å². The zero-order valence-corrected chi connectivity index (χ0v) is 17.0. The van der Waals surface area contributed by atoms with Crippen molar-refractivity contribution in [2.24, 2.45) is 0 Å². The van der Waals surface area contributed by atoms with Gasteiger partial charge in [-0.2, -0.15) is 0 Å². The molecular formula is C24H31BN2. The van der Waals surface area contributed by atoms with E-state index in [-0.39, 0.29) is 0 Å². The minimum Gasteiger partial charge on any atom is -0.348 e. The van der Waals surface area contributed by atoms with E-state index < -0.39 is 0 Å². The van der Waals surface area contributed by atoms with Crippen molar-refractivity contribution in [2.45, 2.75) is 45.9 Å². The molecule has 3 heteroatoms. The maximum absolute atomic E-state index is 4.28. The molecule has 0 saturated heterocycles. The summed E-state index contributed by atoms with van der Waals surface area (Å²) in [5.74, 6) is 1.08. The Morgan fingerprint density at radius 2 is 1.41 bits per heavy atom. The van der Waals surface area contributed by atoms with Crippen LogP contribution in [0.4, 0.5) is 0 Å². The third-order valence-corrected chi connectivity index (χ3v) is 4.63. The average molecular weight is 358 g/mol. The lowest BCUT2D eigenvalue weighted by Crippen LogP contribution is -2.41. The first kappa shape index (κ1) is 20.8. The zero-order chi connectivity index (χ0) is 19.6. The van der Waals surface area contributed by atoms with Crippen LogP contribution in [0.25, 0.3) is 0 Å². The fraction of sp³-hybridized carbons (Fsp3) is 0.292. The highest BCUT2D eigenvalue weighted by molar-refractivity contribution is 6.85. The summed E-state index contributed by atoms with van der Waals surface area (Å²) in [7, 11) is 0. The lowest BCUT2D eigenvalue weighted by molar-refractivity contribution is 0.759. The Morgan fingerprint density at radius 3 is 1.78 bits per heavy atom. The van der Waals surface area contributed by atoms with Gasteiger partial charge in [0.1, 0.15) is 0 Å². The van der Waals surface area contributed by atoms with E-state index in [9.17, 15) is 0 Å². The lowest BCUT2D eigenvalue weighted by Gasteiger charge is -2.12. The second-order valence-corrected chi connectivity index (χ2v) is 7.41. The van der Waals surface area contributed by atoms with Gasteiger partial charge in [-0.15, -0.1) is 6.58 Å². The van der Waals surface area contributed by atoms with E-state index >= 15 is 0 Å². The Hall–Kier alpha value is -2.55. The Kier molecular flexibility index (Phi) is 8.13. The predicted octanol–water partition coefficient (Wildman–Crippen LogP) is 5.14. The molecule has 3 rings (SSSR count). The molecule has 1 aromatic heterocycles. The minimum atomic E-state index is 0.430. The Balaban J connectivity index is 0.000000208. The maximum atomic E-state index is 4.28.